The standard InChI is InChI=1S/C18H23N5O/c1-14(2)6-8-22-9-10-23-16(13-22)11-17(21-23)18(24)20-12-15-5-3-4-7-19-15/h3-7,11H,8-10,12-13H2,1-2H3,(H,20,24). The van der Waals surface area contributed by atoms with Gasteiger partial charge in [-0.3, -0.25) is 19.4 Å². The number of nitrogens with one attached hydrogen (secondary N) is 1. The molecule has 24 heavy (non-hydrogen) atoms. The van der Waals surface area contributed by atoms with Crippen LogP contribution in [-0.2, 0) is 19.6 Å². The minimum absolute atomic E-state index is 0.154. The van der Waals surface area contributed by atoms with Crippen LogP contribution in [0.4, 0.5) is 0 Å². The van der Waals surface area contributed by atoms with Gasteiger partial charge in [0.2, 0.25) is 0 Å². The summed E-state index contributed by atoms with van der Waals surface area (Å²) >= 11 is 0. The van der Waals surface area contributed by atoms with Crippen LogP contribution in [0, 0.1) is 0 Å². The van der Waals surface area contributed by atoms with E-state index in [9.17, 15) is 4.79 Å². The molecule has 6 heteroatoms. The van der Waals surface area contributed by atoms with Gasteiger partial charge in [-0.05, 0) is 32.0 Å². The molecule has 6 nitrogen and oxygen atoms in total. The number of pyridine rings is 1. The Morgan fingerprint density at radius 1 is 1.33 bits per heavy atom. The number of fused-ring (bicyclic) bond motifs is 1. The molecule has 126 valence electrons. The number of rotatable bonds is 5. The summed E-state index contributed by atoms with van der Waals surface area (Å²) in [4.78, 5) is 18.9. The Morgan fingerprint density at radius 2 is 2.21 bits per heavy atom. The van der Waals surface area contributed by atoms with Gasteiger partial charge in [-0.15, -0.1) is 0 Å². The van der Waals surface area contributed by atoms with Crippen LogP contribution in [0.2, 0.25) is 0 Å². The third-order valence-electron chi connectivity index (χ3n) is 4.02. The summed E-state index contributed by atoms with van der Waals surface area (Å²) in [5.41, 5.74) is 3.72. The summed E-state index contributed by atoms with van der Waals surface area (Å²) in [6.07, 6.45) is 3.95. The van der Waals surface area contributed by atoms with Gasteiger partial charge in [0, 0.05) is 25.8 Å². The van der Waals surface area contributed by atoms with Gasteiger partial charge in [0.05, 0.1) is 24.5 Å². The summed E-state index contributed by atoms with van der Waals surface area (Å²) in [7, 11) is 0. The Balaban J connectivity index is 1.60. The molecule has 0 radical (unpaired) electrons. The van der Waals surface area contributed by atoms with Crippen LogP contribution in [0.25, 0.3) is 0 Å². The fraction of sp³-hybridized carbons (Fsp3) is 0.389. The van der Waals surface area contributed by atoms with E-state index >= 15 is 0 Å². The highest BCUT2D eigenvalue weighted by Gasteiger charge is 2.20. The quantitative estimate of drug-likeness (QED) is 0.854. The molecule has 0 saturated heterocycles. The largest absolute Gasteiger partial charge is 0.345 e. The Kier molecular flexibility index (Phi) is 5.05. The number of carbonyl (C=O) groups excluding carboxylic acids is 1. The minimum Gasteiger partial charge on any atom is -0.345 e. The molecule has 2 aromatic heterocycles. The zero-order valence-electron chi connectivity index (χ0n) is 14.2. The van der Waals surface area contributed by atoms with Crippen molar-refractivity contribution in [3.8, 4) is 0 Å². The van der Waals surface area contributed by atoms with E-state index in [0.717, 1.165) is 37.6 Å². The Hall–Kier alpha value is -2.47. The summed E-state index contributed by atoms with van der Waals surface area (Å²) in [5, 5.41) is 7.31. The Labute approximate surface area is 142 Å². The molecular weight excluding hydrogens is 302 g/mol. The van der Waals surface area contributed by atoms with Gasteiger partial charge in [-0.1, -0.05) is 17.7 Å². The van der Waals surface area contributed by atoms with Crippen molar-refractivity contribution in [3.63, 3.8) is 0 Å². The van der Waals surface area contributed by atoms with Gasteiger partial charge in [0.15, 0.2) is 5.69 Å². The molecule has 0 atom stereocenters. The number of carbonyl (C=O) groups is 1. The molecule has 0 unspecified atom stereocenters. The second kappa shape index (κ2) is 7.40. The summed E-state index contributed by atoms with van der Waals surface area (Å²) in [6, 6.07) is 7.54. The molecule has 0 aliphatic carbocycles. The fourth-order valence-electron chi connectivity index (χ4n) is 2.66. The van der Waals surface area contributed by atoms with E-state index in [2.05, 4.69) is 40.2 Å². The average molecular weight is 325 g/mol. The van der Waals surface area contributed by atoms with Crippen molar-refractivity contribution in [2.45, 2.75) is 33.5 Å². The molecule has 0 spiro atoms. The Morgan fingerprint density at radius 3 is 2.96 bits per heavy atom. The van der Waals surface area contributed by atoms with Crippen molar-refractivity contribution in [2.24, 2.45) is 0 Å². The highest BCUT2D eigenvalue weighted by Crippen LogP contribution is 2.14. The minimum atomic E-state index is -0.154. The van der Waals surface area contributed by atoms with Gasteiger partial charge in [0.1, 0.15) is 0 Å². The van der Waals surface area contributed by atoms with E-state index in [0.29, 0.717) is 12.2 Å². The van der Waals surface area contributed by atoms with Crippen LogP contribution < -0.4 is 5.32 Å². The van der Waals surface area contributed by atoms with E-state index in [-0.39, 0.29) is 5.91 Å². The first-order valence-corrected chi connectivity index (χ1v) is 8.22. The molecule has 2 aromatic rings. The van der Waals surface area contributed by atoms with Crippen LogP contribution in [0.3, 0.4) is 0 Å². The third-order valence-corrected chi connectivity index (χ3v) is 4.02. The normalized spacial score (nSPS) is 14.1. The van der Waals surface area contributed by atoms with Crippen LogP contribution in [0.1, 0.15) is 35.7 Å². The first-order valence-electron chi connectivity index (χ1n) is 8.22. The van der Waals surface area contributed by atoms with Crippen LogP contribution in [0.5, 0.6) is 0 Å². The third kappa shape index (κ3) is 4.08. The monoisotopic (exact) mass is 325 g/mol. The number of amides is 1. The van der Waals surface area contributed by atoms with E-state index < -0.39 is 0 Å². The average Bonchev–Trinajstić information content (AvgIpc) is 3.02. The smallest absolute Gasteiger partial charge is 0.272 e. The highest BCUT2D eigenvalue weighted by atomic mass is 16.1. The van der Waals surface area contributed by atoms with Crippen LogP contribution >= 0.6 is 0 Å². The maximum atomic E-state index is 12.3. The number of allylic oxidation sites excluding steroid dienone is 1. The van der Waals surface area contributed by atoms with E-state index in [1.54, 1.807) is 6.20 Å². The Bertz CT molecular complexity index is 731. The van der Waals surface area contributed by atoms with Crippen LogP contribution in [-0.4, -0.2) is 38.7 Å². The maximum absolute atomic E-state index is 12.3. The molecule has 3 heterocycles. The SMILES string of the molecule is CC(C)=CCN1CCn2nc(C(=O)NCc3ccccn3)cc2C1. The number of nitrogens with zero attached hydrogens (tertiary/aromatic N) is 4. The zero-order chi connectivity index (χ0) is 16.9. The fourth-order valence-corrected chi connectivity index (χ4v) is 2.66. The predicted molar refractivity (Wildman–Crippen MR) is 92.3 cm³/mol. The van der Waals surface area contributed by atoms with Gasteiger partial charge in [-0.25, -0.2) is 0 Å². The van der Waals surface area contributed by atoms with Gasteiger partial charge in [0.25, 0.3) is 5.91 Å². The number of hydrogen-bond donors (Lipinski definition) is 1. The highest BCUT2D eigenvalue weighted by molar-refractivity contribution is 5.92. The predicted octanol–water partition coefficient (Wildman–Crippen LogP) is 1.99. The molecule has 1 amide bonds. The van der Waals surface area contributed by atoms with Gasteiger partial charge >= 0.3 is 0 Å². The van der Waals surface area contributed by atoms with Gasteiger partial charge < -0.3 is 5.32 Å². The molecule has 0 fully saturated rings. The molecule has 1 N–H and O–H groups in total. The molecule has 3 rings (SSSR count). The zero-order valence-corrected chi connectivity index (χ0v) is 14.2. The second-order valence-electron chi connectivity index (χ2n) is 6.26. The van der Waals surface area contributed by atoms with E-state index in [1.165, 1.54) is 5.57 Å². The van der Waals surface area contributed by atoms with Crippen molar-refractivity contribution in [3.05, 3.63) is 59.2 Å². The molecule has 0 aromatic carbocycles. The maximum Gasteiger partial charge on any atom is 0.272 e. The molecule has 1 aliphatic heterocycles. The summed E-state index contributed by atoms with van der Waals surface area (Å²) in [6.45, 7) is 8.16. The lowest BCUT2D eigenvalue weighted by atomic mass is 10.2. The van der Waals surface area contributed by atoms with Crippen LogP contribution in [0.15, 0.2) is 42.1 Å². The van der Waals surface area contributed by atoms with Crippen molar-refractivity contribution in [2.75, 3.05) is 13.1 Å². The van der Waals surface area contributed by atoms with Crippen molar-refractivity contribution < 1.29 is 4.79 Å². The van der Waals surface area contributed by atoms with E-state index in [1.807, 2.05) is 28.9 Å². The topological polar surface area (TPSA) is 63.1 Å². The summed E-state index contributed by atoms with van der Waals surface area (Å²) in [5.74, 6) is -0.154. The van der Waals surface area contributed by atoms with Gasteiger partial charge in [-0.2, -0.15) is 5.10 Å². The molecular formula is C18H23N5O. The number of hydrogen-bond acceptors (Lipinski definition) is 4. The summed E-state index contributed by atoms with van der Waals surface area (Å²) < 4.78 is 1.94. The lowest BCUT2D eigenvalue weighted by Gasteiger charge is -2.26. The first kappa shape index (κ1) is 16.4. The van der Waals surface area contributed by atoms with Crippen molar-refractivity contribution in [1.82, 2.24) is 25.0 Å². The van der Waals surface area contributed by atoms with Crippen molar-refractivity contribution >= 4 is 5.91 Å². The lowest BCUT2D eigenvalue weighted by molar-refractivity contribution is 0.0944. The van der Waals surface area contributed by atoms with E-state index in [4.69, 9.17) is 0 Å². The molecule has 0 saturated carbocycles. The number of aromatic nitrogens is 3. The first-order chi connectivity index (χ1) is 11.6. The van der Waals surface area contributed by atoms with Crippen molar-refractivity contribution in [1.29, 1.82) is 0 Å². The molecule has 0 bridgehead atoms. The lowest BCUT2D eigenvalue weighted by Crippen LogP contribution is -2.34. The molecule has 1 aliphatic rings. The second-order valence-corrected chi connectivity index (χ2v) is 6.26.